The van der Waals surface area contributed by atoms with Crippen LogP contribution in [0, 0.1) is 5.92 Å². The van der Waals surface area contributed by atoms with Gasteiger partial charge in [-0.05, 0) is 7.05 Å². The highest BCUT2D eigenvalue weighted by Gasteiger charge is 2.35. The average molecular weight is 339 g/mol. The molecule has 3 rings (SSSR count). The van der Waals surface area contributed by atoms with Crippen molar-refractivity contribution in [2.45, 2.75) is 25.8 Å². The first kappa shape index (κ1) is 18.4. The van der Waals surface area contributed by atoms with E-state index in [4.69, 9.17) is 19.1 Å². The van der Waals surface area contributed by atoms with E-state index in [1.165, 1.54) is 6.39 Å². The highest BCUT2D eigenvalue weighted by molar-refractivity contribution is 5.93. The summed E-state index contributed by atoms with van der Waals surface area (Å²) in [7, 11) is 2.11. The summed E-state index contributed by atoms with van der Waals surface area (Å²) in [6.07, 6.45) is 1.37. The fraction of sp³-hybridized carbons (Fsp3) is 0.688. The first-order valence-corrected chi connectivity index (χ1v) is 8.06. The first-order chi connectivity index (χ1) is 11.5. The van der Waals surface area contributed by atoms with Crippen LogP contribution < -0.4 is 0 Å². The van der Waals surface area contributed by atoms with Crippen LogP contribution in [0.4, 0.5) is 0 Å². The smallest absolute Gasteiger partial charge is 0.290 e. The summed E-state index contributed by atoms with van der Waals surface area (Å²) < 4.78 is 11.1. The molecular weight excluding hydrogens is 314 g/mol. The zero-order valence-corrected chi connectivity index (χ0v) is 14.3. The second kappa shape index (κ2) is 8.25. The Kier molecular flexibility index (Phi) is 6.33. The Hall–Kier alpha value is -1.93. The molecule has 0 spiro atoms. The maximum Gasteiger partial charge on any atom is 0.290 e. The van der Waals surface area contributed by atoms with E-state index in [-0.39, 0.29) is 24.3 Å². The van der Waals surface area contributed by atoms with Crippen LogP contribution >= 0.6 is 0 Å². The minimum Gasteiger partial charge on any atom is -0.483 e. The van der Waals surface area contributed by atoms with Crippen LogP contribution in [-0.4, -0.2) is 78.2 Å². The molecule has 2 atom stereocenters. The fourth-order valence-corrected chi connectivity index (χ4v) is 3.19. The summed E-state index contributed by atoms with van der Waals surface area (Å²) in [6, 6.07) is 0.260. The highest BCUT2D eigenvalue weighted by Crippen LogP contribution is 2.23. The maximum absolute atomic E-state index is 12.8. The van der Waals surface area contributed by atoms with Crippen molar-refractivity contribution in [1.82, 2.24) is 14.8 Å². The molecular formula is C16H25N3O5. The number of oxazole rings is 1. The molecule has 134 valence electrons. The molecule has 1 aromatic heterocycles. The van der Waals surface area contributed by atoms with E-state index in [0.717, 1.165) is 19.7 Å². The third-order valence-electron chi connectivity index (χ3n) is 4.35. The van der Waals surface area contributed by atoms with Crippen LogP contribution in [0.15, 0.2) is 10.8 Å². The zero-order valence-electron chi connectivity index (χ0n) is 14.3. The lowest BCUT2D eigenvalue weighted by atomic mass is 10.1. The van der Waals surface area contributed by atoms with Gasteiger partial charge in [0.05, 0.1) is 19.3 Å². The van der Waals surface area contributed by atoms with Gasteiger partial charge in [-0.2, -0.15) is 0 Å². The molecule has 2 fully saturated rings. The van der Waals surface area contributed by atoms with Crippen LogP contribution in [0.2, 0.25) is 0 Å². The number of nitrogens with zero attached hydrogens (tertiary/aromatic N) is 3. The summed E-state index contributed by atoms with van der Waals surface area (Å²) >= 11 is 0. The molecule has 2 saturated heterocycles. The molecule has 0 aromatic carbocycles. The summed E-state index contributed by atoms with van der Waals surface area (Å²) in [5.74, 6) is 1.18. The summed E-state index contributed by atoms with van der Waals surface area (Å²) in [5.41, 5.74) is 0.466. The van der Waals surface area contributed by atoms with E-state index in [1.807, 2.05) is 18.7 Å². The summed E-state index contributed by atoms with van der Waals surface area (Å²) in [4.78, 5) is 29.6. The molecule has 1 N–H and O–H groups in total. The van der Waals surface area contributed by atoms with Gasteiger partial charge in [0, 0.05) is 31.5 Å². The zero-order chi connectivity index (χ0) is 17.7. The van der Waals surface area contributed by atoms with Crippen molar-refractivity contribution in [3.05, 3.63) is 17.8 Å². The second-order valence-electron chi connectivity index (χ2n) is 6.53. The SMILES string of the molecule is CC(C)c1ocnc1C(=O)N1C[C@@H]2COC[C@H](C1)N(C)C2.O=CO. The number of carbonyl (C=O) groups excluding carboxylic acids is 1. The lowest BCUT2D eigenvalue weighted by molar-refractivity contribution is -0.122. The minimum absolute atomic E-state index is 0.0142. The number of hydrogen-bond acceptors (Lipinski definition) is 6. The van der Waals surface area contributed by atoms with Crippen LogP contribution in [0.25, 0.3) is 0 Å². The number of aromatic nitrogens is 1. The molecule has 2 bridgehead atoms. The summed E-state index contributed by atoms with van der Waals surface area (Å²) in [6.45, 7) is 7.57. The Bertz CT molecular complexity index is 560. The van der Waals surface area contributed by atoms with Crippen LogP contribution in [-0.2, 0) is 9.53 Å². The number of ether oxygens (including phenoxy) is 1. The molecule has 1 aromatic rings. The first-order valence-electron chi connectivity index (χ1n) is 8.06. The van der Waals surface area contributed by atoms with Gasteiger partial charge in [0.2, 0.25) is 0 Å². The van der Waals surface area contributed by atoms with Gasteiger partial charge in [-0.25, -0.2) is 4.98 Å². The van der Waals surface area contributed by atoms with Crippen LogP contribution in [0.3, 0.4) is 0 Å². The van der Waals surface area contributed by atoms with E-state index >= 15 is 0 Å². The van der Waals surface area contributed by atoms with E-state index < -0.39 is 0 Å². The summed E-state index contributed by atoms with van der Waals surface area (Å²) in [5, 5.41) is 6.89. The lowest BCUT2D eigenvalue weighted by Crippen LogP contribution is -2.45. The number of likely N-dealkylation sites (N-methyl/N-ethyl adjacent to an activating group) is 1. The normalized spacial score (nSPS) is 24.1. The fourth-order valence-electron chi connectivity index (χ4n) is 3.19. The minimum atomic E-state index is -0.250. The molecule has 24 heavy (non-hydrogen) atoms. The number of amides is 1. The van der Waals surface area contributed by atoms with Gasteiger partial charge in [-0.1, -0.05) is 13.8 Å². The lowest BCUT2D eigenvalue weighted by Gasteiger charge is -2.29. The third-order valence-corrected chi connectivity index (χ3v) is 4.35. The Morgan fingerprint density at radius 2 is 2.08 bits per heavy atom. The molecule has 2 aliphatic heterocycles. The van der Waals surface area contributed by atoms with Gasteiger partial charge in [0.15, 0.2) is 12.1 Å². The molecule has 8 nitrogen and oxygen atoms in total. The average Bonchev–Trinajstić information content (AvgIpc) is 2.86. The van der Waals surface area contributed by atoms with Gasteiger partial charge in [-0.3, -0.25) is 14.5 Å². The van der Waals surface area contributed by atoms with E-state index in [0.29, 0.717) is 30.5 Å². The third kappa shape index (κ3) is 4.12. The van der Waals surface area contributed by atoms with Crippen molar-refractivity contribution >= 4 is 12.4 Å². The second-order valence-corrected chi connectivity index (χ2v) is 6.53. The molecule has 0 unspecified atom stereocenters. The Balaban J connectivity index is 0.000000647. The Morgan fingerprint density at radius 3 is 2.75 bits per heavy atom. The molecule has 0 radical (unpaired) electrons. The van der Waals surface area contributed by atoms with Crippen LogP contribution in [0.1, 0.15) is 36.0 Å². The Morgan fingerprint density at radius 1 is 1.38 bits per heavy atom. The van der Waals surface area contributed by atoms with Crippen molar-refractivity contribution in [3.8, 4) is 0 Å². The number of fused-ring (bicyclic) bond motifs is 3. The van der Waals surface area contributed by atoms with Crippen molar-refractivity contribution in [1.29, 1.82) is 0 Å². The molecule has 8 heteroatoms. The standard InChI is InChI=1S/C15H23N3O3.CH2O2/c1-10(2)14-13(16-9-21-14)15(19)18-5-11-4-17(3)12(6-18)8-20-7-11;2-1-3/h9-12H,4-8H2,1-3H3;1H,(H,2,3)/t11-,12+;/m1./s1. The molecule has 1 amide bonds. The van der Waals surface area contributed by atoms with Crippen molar-refractivity contribution in [2.24, 2.45) is 5.92 Å². The molecule has 3 heterocycles. The molecule has 0 aliphatic carbocycles. The highest BCUT2D eigenvalue weighted by atomic mass is 16.5. The number of carbonyl (C=O) groups is 2. The number of carboxylic acid groups (broad SMARTS) is 1. The number of hydrogen-bond donors (Lipinski definition) is 1. The van der Waals surface area contributed by atoms with Crippen molar-refractivity contribution in [3.63, 3.8) is 0 Å². The quantitative estimate of drug-likeness (QED) is 0.800. The topological polar surface area (TPSA) is 96.1 Å². The van der Waals surface area contributed by atoms with Gasteiger partial charge in [0.25, 0.3) is 12.4 Å². The number of rotatable bonds is 2. The molecule has 2 aliphatic rings. The van der Waals surface area contributed by atoms with E-state index in [1.54, 1.807) is 0 Å². The molecule has 0 saturated carbocycles. The Labute approximate surface area is 141 Å². The van der Waals surface area contributed by atoms with E-state index in [9.17, 15) is 4.79 Å². The largest absolute Gasteiger partial charge is 0.483 e. The van der Waals surface area contributed by atoms with Crippen LogP contribution in [0.5, 0.6) is 0 Å². The van der Waals surface area contributed by atoms with Crippen molar-refractivity contribution in [2.75, 3.05) is 39.9 Å². The van der Waals surface area contributed by atoms with Gasteiger partial charge in [0.1, 0.15) is 5.76 Å². The van der Waals surface area contributed by atoms with Gasteiger partial charge >= 0.3 is 0 Å². The predicted octanol–water partition coefficient (Wildman–Crippen LogP) is 0.901. The monoisotopic (exact) mass is 339 g/mol. The predicted molar refractivity (Wildman–Crippen MR) is 85.9 cm³/mol. The van der Waals surface area contributed by atoms with Gasteiger partial charge in [-0.15, -0.1) is 0 Å². The van der Waals surface area contributed by atoms with Gasteiger partial charge < -0.3 is 19.2 Å². The van der Waals surface area contributed by atoms with Crippen molar-refractivity contribution < 1.29 is 23.8 Å². The maximum atomic E-state index is 12.8. The van der Waals surface area contributed by atoms with E-state index in [2.05, 4.69) is 16.9 Å².